The smallest absolute Gasteiger partial charge is 0.191 e. The lowest BCUT2D eigenvalue weighted by atomic mass is 10.1. The minimum absolute atomic E-state index is 0.709. The summed E-state index contributed by atoms with van der Waals surface area (Å²) in [6.07, 6.45) is 3.80. The van der Waals surface area contributed by atoms with Gasteiger partial charge in [0.05, 0.1) is 6.54 Å². The van der Waals surface area contributed by atoms with Crippen LogP contribution in [0.1, 0.15) is 22.3 Å². The van der Waals surface area contributed by atoms with E-state index in [1.54, 1.807) is 0 Å². The third-order valence-corrected chi connectivity index (χ3v) is 6.16. The van der Waals surface area contributed by atoms with Crippen molar-refractivity contribution < 1.29 is 0 Å². The number of hydrogen-bond acceptors (Lipinski definition) is 4. The molecular formula is C26H35N7. The van der Waals surface area contributed by atoms with Crippen LogP contribution in [0.25, 0.3) is 0 Å². The van der Waals surface area contributed by atoms with Crippen molar-refractivity contribution in [2.45, 2.75) is 26.2 Å². The molecule has 0 spiro atoms. The molecule has 1 aliphatic rings. The highest BCUT2D eigenvalue weighted by Crippen LogP contribution is 2.11. The fraction of sp³-hybridized carbons (Fsp3) is 0.385. The highest BCUT2D eigenvalue weighted by Gasteiger charge is 2.13. The van der Waals surface area contributed by atoms with Crippen LogP contribution < -0.4 is 10.6 Å². The maximum Gasteiger partial charge on any atom is 0.191 e. The molecule has 7 heteroatoms. The zero-order valence-electron chi connectivity index (χ0n) is 19.7. The van der Waals surface area contributed by atoms with Gasteiger partial charge in [-0.25, -0.2) is 0 Å². The Morgan fingerprint density at radius 2 is 1.55 bits per heavy atom. The van der Waals surface area contributed by atoms with Gasteiger partial charge in [-0.2, -0.15) is 5.10 Å². The van der Waals surface area contributed by atoms with Crippen molar-refractivity contribution in [3.63, 3.8) is 0 Å². The van der Waals surface area contributed by atoms with Gasteiger partial charge in [0.1, 0.15) is 0 Å². The van der Waals surface area contributed by atoms with Gasteiger partial charge in [0.15, 0.2) is 5.96 Å². The van der Waals surface area contributed by atoms with Gasteiger partial charge >= 0.3 is 0 Å². The Morgan fingerprint density at radius 1 is 0.848 bits per heavy atom. The second-order valence-corrected chi connectivity index (χ2v) is 8.65. The van der Waals surface area contributed by atoms with Crippen molar-refractivity contribution >= 4 is 5.96 Å². The highest BCUT2D eigenvalue weighted by atomic mass is 15.3. The first-order valence-corrected chi connectivity index (χ1v) is 11.7. The van der Waals surface area contributed by atoms with Crippen LogP contribution >= 0.6 is 0 Å². The topological polar surface area (TPSA) is 60.7 Å². The SMILES string of the molecule is CN=C(NCc1ccc(CN2CCN(C)CC2)cc1)NCc1ccccc1Cn1cccn1. The molecule has 0 unspecified atom stereocenters. The Balaban J connectivity index is 1.25. The van der Waals surface area contributed by atoms with Crippen molar-refractivity contribution in [2.24, 2.45) is 4.99 Å². The van der Waals surface area contributed by atoms with Crippen LogP contribution in [0.5, 0.6) is 0 Å². The standard InChI is InChI=1S/C26H35N7/c1-27-26(29-19-24-6-3-4-7-25(24)21-33-13-5-12-30-33)28-18-22-8-10-23(11-9-22)20-32-16-14-31(2)15-17-32/h3-13H,14-21H2,1-2H3,(H2,27,28,29). The fourth-order valence-electron chi connectivity index (χ4n) is 4.06. The fourth-order valence-corrected chi connectivity index (χ4v) is 4.06. The van der Waals surface area contributed by atoms with Crippen LogP contribution in [0.4, 0.5) is 0 Å². The quantitative estimate of drug-likeness (QED) is 0.412. The first kappa shape index (κ1) is 23.0. The molecule has 0 atom stereocenters. The van der Waals surface area contributed by atoms with E-state index in [2.05, 4.69) is 86.1 Å². The molecule has 33 heavy (non-hydrogen) atoms. The number of aromatic nitrogens is 2. The number of hydrogen-bond donors (Lipinski definition) is 2. The zero-order valence-corrected chi connectivity index (χ0v) is 19.7. The Kier molecular flexibility index (Phi) is 8.11. The summed E-state index contributed by atoms with van der Waals surface area (Å²) in [7, 11) is 4.01. The molecule has 2 aromatic carbocycles. The van der Waals surface area contributed by atoms with E-state index in [-0.39, 0.29) is 0 Å². The van der Waals surface area contributed by atoms with Gasteiger partial charge in [-0.1, -0.05) is 48.5 Å². The lowest BCUT2D eigenvalue weighted by Crippen LogP contribution is -2.43. The minimum Gasteiger partial charge on any atom is -0.352 e. The Morgan fingerprint density at radius 3 is 2.24 bits per heavy atom. The average molecular weight is 446 g/mol. The summed E-state index contributed by atoms with van der Waals surface area (Å²) in [5.41, 5.74) is 5.11. The van der Waals surface area contributed by atoms with E-state index < -0.39 is 0 Å². The van der Waals surface area contributed by atoms with Crippen LogP contribution in [-0.2, 0) is 26.2 Å². The molecular weight excluding hydrogens is 410 g/mol. The molecule has 0 saturated carbocycles. The number of aliphatic imine (C=N–C) groups is 1. The van der Waals surface area contributed by atoms with Gasteiger partial charge < -0.3 is 15.5 Å². The minimum atomic E-state index is 0.709. The largest absolute Gasteiger partial charge is 0.352 e. The van der Waals surface area contributed by atoms with E-state index in [1.807, 2.05) is 30.2 Å². The molecule has 1 saturated heterocycles. The van der Waals surface area contributed by atoms with Gasteiger partial charge in [0.25, 0.3) is 0 Å². The summed E-state index contributed by atoms with van der Waals surface area (Å²) in [6, 6.07) is 19.3. The third-order valence-electron chi connectivity index (χ3n) is 6.16. The first-order valence-electron chi connectivity index (χ1n) is 11.7. The van der Waals surface area contributed by atoms with Crippen LogP contribution in [-0.4, -0.2) is 65.8 Å². The van der Waals surface area contributed by atoms with Crippen LogP contribution in [0.15, 0.2) is 72.0 Å². The van der Waals surface area contributed by atoms with Crippen molar-refractivity contribution in [1.29, 1.82) is 0 Å². The van der Waals surface area contributed by atoms with E-state index in [1.165, 1.54) is 22.3 Å². The summed E-state index contributed by atoms with van der Waals surface area (Å²) >= 11 is 0. The summed E-state index contributed by atoms with van der Waals surface area (Å²) in [5.74, 6) is 0.797. The van der Waals surface area contributed by atoms with Crippen molar-refractivity contribution in [3.8, 4) is 0 Å². The average Bonchev–Trinajstić information content (AvgIpc) is 3.36. The summed E-state index contributed by atoms with van der Waals surface area (Å²) in [6.45, 7) is 7.84. The Labute approximate surface area is 197 Å². The number of nitrogens with zero attached hydrogens (tertiary/aromatic N) is 5. The molecule has 4 rings (SSSR count). The van der Waals surface area contributed by atoms with Crippen LogP contribution in [0, 0.1) is 0 Å². The zero-order chi connectivity index (χ0) is 22.9. The second-order valence-electron chi connectivity index (χ2n) is 8.65. The molecule has 3 aromatic rings. The Bertz CT molecular complexity index is 1000. The molecule has 2 N–H and O–H groups in total. The molecule has 174 valence electrons. The molecule has 2 heterocycles. The maximum absolute atomic E-state index is 4.39. The molecule has 0 bridgehead atoms. The van der Waals surface area contributed by atoms with Gasteiger partial charge in [-0.05, 0) is 35.4 Å². The number of piperazine rings is 1. The van der Waals surface area contributed by atoms with Crippen molar-refractivity contribution in [3.05, 3.63) is 89.2 Å². The number of likely N-dealkylation sites (N-methyl/N-ethyl adjacent to an activating group) is 1. The molecule has 1 aromatic heterocycles. The predicted molar refractivity (Wildman–Crippen MR) is 134 cm³/mol. The maximum atomic E-state index is 4.39. The Hall–Kier alpha value is -3.16. The molecule has 1 fully saturated rings. The normalized spacial score (nSPS) is 15.5. The second kappa shape index (κ2) is 11.6. The van der Waals surface area contributed by atoms with Crippen LogP contribution in [0.3, 0.4) is 0 Å². The van der Waals surface area contributed by atoms with E-state index in [0.29, 0.717) is 6.54 Å². The molecule has 1 aliphatic heterocycles. The predicted octanol–water partition coefficient (Wildman–Crippen LogP) is 2.54. The number of rotatable bonds is 8. The lowest BCUT2D eigenvalue weighted by Gasteiger charge is -2.32. The van der Waals surface area contributed by atoms with Crippen molar-refractivity contribution in [1.82, 2.24) is 30.2 Å². The van der Waals surface area contributed by atoms with E-state index >= 15 is 0 Å². The monoisotopic (exact) mass is 445 g/mol. The molecule has 0 aliphatic carbocycles. The van der Waals surface area contributed by atoms with Gasteiger partial charge in [-0.15, -0.1) is 0 Å². The van der Waals surface area contributed by atoms with Crippen molar-refractivity contribution in [2.75, 3.05) is 40.3 Å². The molecule has 7 nitrogen and oxygen atoms in total. The van der Waals surface area contributed by atoms with Gasteiger partial charge in [0, 0.05) is 65.3 Å². The summed E-state index contributed by atoms with van der Waals surface area (Å²) in [5, 5.41) is 11.2. The third kappa shape index (κ3) is 6.91. The first-order chi connectivity index (χ1) is 16.2. The summed E-state index contributed by atoms with van der Waals surface area (Å²) in [4.78, 5) is 9.31. The highest BCUT2D eigenvalue weighted by molar-refractivity contribution is 5.79. The van der Waals surface area contributed by atoms with E-state index in [9.17, 15) is 0 Å². The molecule has 0 radical (unpaired) electrons. The van der Waals surface area contributed by atoms with Gasteiger partial charge in [-0.3, -0.25) is 14.6 Å². The number of guanidine groups is 1. The lowest BCUT2D eigenvalue weighted by molar-refractivity contribution is 0.148. The summed E-state index contributed by atoms with van der Waals surface area (Å²) < 4.78 is 1.94. The number of benzene rings is 2. The number of nitrogens with one attached hydrogen (secondary N) is 2. The van der Waals surface area contributed by atoms with Gasteiger partial charge in [0.2, 0.25) is 0 Å². The van der Waals surface area contributed by atoms with E-state index in [0.717, 1.165) is 51.8 Å². The van der Waals surface area contributed by atoms with Crippen LogP contribution in [0.2, 0.25) is 0 Å². The van der Waals surface area contributed by atoms with E-state index in [4.69, 9.17) is 0 Å². The molecule has 0 amide bonds.